The summed E-state index contributed by atoms with van der Waals surface area (Å²) in [5, 5.41) is 0. The molecule has 1 saturated heterocycles. The van der Waals surface area contributed by atoms with E-state index in [9.17, 15) is 0 Å². The van der Waals surface area contributed by atoms with Gasteiger partial charge < -0.3 is 14.2 Å². The minimum atomic E-state index is -0.449. The highest BCUT2D eigenvalue weighted by molar-refractivity contribution is 4.98. The zero-order valence-electron chi connectivity index (χ0n) is 9.03. The van der Waals surface area contributed by atoms with Crippen molar-refractivity contribution in [2.75, 3.05) is 13.2 Å². The minimum Gasteiger partial charge on any atom is -0.371 e. The Kier molecular flexibility index (Phi) is 2.64. The zero-order valence-corrected chi connectivity index (χ0v) is 9.03. The molecule has 0 spiro atoms. The van der Waals surface area contributed by atoms with Gasteiger partial charge >= 0.3 is 0 Å². The smallest absolute Gasteiger partial charge is 0.163 e. The maximum Gasteiger partial charge on any atom is 0.163 e. The first-order chi connectivity index (χ1) is 6.58. The van der Waals surface area contributed by atoms with Crippen LogP contribution in [0.4, 0.5) is 0 Å². The summed E-state index contributed by atoms with van der Waals surface area (Å²) in [6.07, 6.45) is 4.46. The molecule has 0 N–H and O–H groups in total. The van der Waals surface area contributed by atoms with Gasteiger partial charge in [0.05, 0.1) is 19.3 Å². The van der Waals surface area contributed by atoms with Crippen molar-refractivity contribution in [1.82, 2.24) is 0 Å². The van der Waals surface area contributed by atoms with Crippen LogP contribution in [0.25, 0.3) is 0 Å². The first-order valence-electron chi connectivity index (χ1n) is 5.18. The normalized spacial score (nSPS) is 41.5. The standard InChI is InChI=1S/C11H18O3/c1-8-5-4-6-12-10(8)9-7-13-11(2,3)14-9/h4-5,8-10H,6-7H2,1-3H3/t8-,9-,10-/m1/s1. The lowest BCUT2D eigenvalue weighted by Crippen LogP contribution is -2.38. The van der Waals surface area contributed by atoms with Gasteiger partial charge in [0.25, 0.3) is 0 Å². The average Bonchev–Trinajstić information content (AvgIpc) is 2.47. The molecule has 0 aliphatic carbocycles. The maximum absolute atomic E-state index is 5.78. The molecule has 80 valence electrons. The van der Waals surface area contributed by atoms with Crippen molar-refractivity contribution in [2.24, 2.45) is 5.92 Å². The molecule has 2 rings (SSSR count). The van der Waals surface area contributed by atoms with Crippen LogP contribution in [0.5, 0.6) is 0 Å². The fourth-order valence-electron chi connectivity index (χ4n) is 2.02. The lowest BCUT2D eigenvalue weighted by Gasteiger charge is -2.29. The molecule has 14 heavy (non-hydrogen) atoms. The van der Waals surface area contributed by atoms with E-state index < -0.39 is 5.79 Å². The Bertz CT molecular complexity index is 235. The summed E-state index contributed by atoms with van der Waals surface area (Å²) < 4.78 is 17.0. The number of rotatable bonds is 1. The topological polar surface area (TPSA) is 27.7 Å². The molecule has 3 heteroatoms. The molecule has 0 amide bonds. The van der Waals surface area contributed by atoms with Crippen LogP contribution < -0.4 is 0 Å². The molecular formula is C11H18O3. The monoisotopic (exact) mass is 198 g/mol. The number of hydrogen-bond acceptors (Lipinski definition) is 3. The van der Waals surface area contributed by atoms with E-state index in [0.717, 1.165) is 0 Å². The molecule has 0 unspecified atom stereocenters. The van der Waals surface area contributed by atoms with E-state index in [2.05, 4.69) is 19.1 Å². The highest BCUT2D eigenvalue weighted by atomic mass is 16.7. The van der Waals surface area contributed by atoms with Gasteiger partial charge in [0, 0.05) is 5.92 Å². The third kappa shape index (κ3) is 2.00. The Morgan fingerprint density at radius 2 is 2.14 bits per heavy atom. The molecule has 0 radical (unpaired) electrons. The molecule has 0 bridgehead atoms. The molecule has 0 saturated carbocycles. The van der Waals surface area contributed by atoms with Crippen LogP contribution in [0.1, 0.15) is 20.8 Å². The Morgan fingerprint density at radius 3 is 2.71 bits per heavy atom. The molecule has 2 aliphatic heterocycles. The van der Waals surface area contributed by atoms with Gasteiger partial charge in [0.15, 0.2) is 5.79 Å². The van der Waals surface area contributed by atoms with Gasteiger partial charge in [-0.15, -0.1) is 0 Å². The van der Waals surface area contributed by atoms with E-state index in [0.29, 0.717) is 19.1 Å². The highest BCUT2D eigenvalue weighted by Gasteiger charge is 2.39. The predicted octanol–water partition coefficient (Wildman–Crippen LogP) is 1.73. The quantitative estimate of drug-likeness (QED) is 0.600. The van der Waals surface area contributed by atoms with Crippen molar-refractivity contribution in [3.05, 3.63) is 12.2 Å². The van der Waals surface area contributed by atoms with Crippen LogP contribution in [0.3, 0.4) is 0 Å². The fraction of sp³-hybridized carbons (Fsp3) is 0.818. The molecule has 0 aromatic carbocycles. The van der Waals surface area contributed by atoms with Gasteiger partial charge in [0.2, 0.25) is 0 Å². The van der Waals surface area contributed by atoms with Gasteiger partial charge in [-0.1, -0.05) is 19.1 Å². The zero-order chi connectivity index (χ0) is 10.2. The lowest BCUT2D eigenvalue weighted by atomic mass is 9.98. The second-order valence-electron chi connectivity index (χ2n) is 4.45. The molecule has 3 atom stereocenters. The largest absolute Gasteiger partial charge is 0.371 e. The van der Waals surface area contributed by atoms with Crippen molar-refractivity contribution in [1.29, 1.82) is 0 Å². The van der Waals surface area contributed by atoms with Crippen LogP contribution in [0, 0.1) is 5.92 Å². The van der Waals surface area contributed by atoms with Gasteiger partial charge in [-0.25, -0.2) is 0 Å². The molecule has 0 aromatic heterocycles. The molecule has 2 aliphatic rings. The molecule has 1 fully saturated rings. The second kappa shape index (κ2) is 3.65. The summed E-state index contributed by atoms with van der Waals surface area (Å²) in [6.45, 7) is 7.35. The van der Waals surface area contributed by atoms with Gasteiger partial charge in [-0.05, 0) is 13.8 Å². The summed E-state index contributed by atoms with van der Waals surface area (Å²) in [5.74, 6) is -0.0409. The Balaban J connectivity index is 1.99. The Labute approximate surface area is 85.0 Å². The van der Waals surface area contributed by atoms with Gasteiger partial charge in [-0.3, -0.25) is 0 Å². The van der Waals surface area contributed by atoms with E-state index in [1.807, 2.05) is 13.8 Å². The third-order valence-corrected chi connectivity index (χ3v) is 2.74. The summed E-state index contributed by atoms with van der Waals surface area (Å²) >= 11 is 0. The molecule has 2 heterocycles. The van der Waals surface area contributed by atoms with Crippen molar-refractivity contribution >= 4 is 0 Å². The van der Waals surface area contributed by atoms with Crippen LogP contribution in [0.15, 0.2) is 12.2 Å². The van der Waals surface area contributed by atoms with Crippen LogP contribution in [-0.4, -0.2) is 31.2 Å². The number of hydrogen-bond donors (Lipinski definition) is 0. The van der Waals surface area contributed by atoms with E-state index in [1.165, 1.54) is 0 Å². The summed E-state index contributed by atoms with van der Waals surface area (Å²) in [5.41, 5.74) is 0. The van der Waals surface area contributed by atoms with Gasteiger partial charge in [0.1, 0.15) is 6.10 Å². The molecular weight excluding hydrogens is 180 g/mol. The predicted molar refractivity (Wildman–Crippen MR) is 52.9 cm³/mol. The number of ether oxygens (including phenoxy) is 3. The summed E-state index contributed by atoms with van der Waals surface area (Å²) in [4.78, 5) is 0. The third-order valence-electron chi connectivity index (χ3n) is 2.74. The summed E-state index contributed by atoms with van der Waals surface area (Å²) in [7, 11) is 0. The average molecular weight is 198 g/mol. The van der Waals surface area contributed by atoms with Crippen LogP contribution in [-0.2, 0) is 14.2 Å². The second-order valence-corrected chi connectivity index (χ2v) is 4.45. The van der Waals surface area contributed by atoms with Crippen molar-refractivity contribution in [2.45, 2.75) is 38.8 Å². The molecule has 0 aromatic rings. The van der Waals surface area contributed by atoms with Gasteiger partial charge in [-0.2, -0.15) is 0 Å². The SMILES string of the molecule is C[C@@H]1C=CCO[C@H]1[C@H]1COC(C)(C)O1. The van der Waals surface area contributed by atoms with E-state index in [1.54, 1.807) is 0 Å². The van der Waals surface area contributed by atoms with E-state index in [4.69, 9.17) is 14.2 Å². The Hall–Kier alpha value is -0.380. The van der Waals surface area contributed by atoms with Crippen LogP contribution in [0.2, 0.25) is 0 Å². The Morgan fingerprint density at radius 1 is 1.36 bits per heavy atom. The lowest BCUT2D eigenvalue weighted by molar-refractivity contribution is -0.159. The van der Waals surface area contributed by atoms with Crippen molar-refractivity contribution in [3.63, 3.8) is 0 Å². The minimum absolute atomic E-state index is 0.0740. The fourth-order valence-corrected chi connectivity index (χ4v) is 2.02. The van der Waals surface area contributed by atoms with Crippen molar-refractivity contribution in [3.8, 4) is 0 Å². The summed E-state index contributed by atoms with van der Waals surface area (Å²) in [6, 6.07) is 0. The first kappa shape index (κ1) is 10.1. The maximum atomic E-state index is 5.78. The highest BCUT2D eigenvalue weighted by Crippen LogP contribution is 2.29. The van der Waals surface area contributed by atoms with Crippen LogP contribution >= 0.6 is 0 Å². The first-order valence-corrected chi connectivity index (χ1v) is 5.18. The van der Waals surface area contributed by atoms with E-state index in [-0.39, 0.29) is 12.2 Å². The van der Waals surface area contributed by atoms with E-state index >= 15 is 0 Å². The molecule has 3 nitrogen and oxygen atoms in total. The van der Waals surface area contributed by atoms with Crippen molar-refractivity contribution < 1.29 is 14.2 Å².